The molecule has 1 amide bonds. The second-order valence-electron chi connectivity index (χ2n) is 5.86. The van der Waals surface area contributed by atoms with E-state index in [4.69, 9.17) is 0 Å². The van der Waals surface area contributed by atoms with Crippen LogP contribution in [0.15, 0.2) is 0 Å². The highest BCUT2D eigenvalue weighted by molar-refractivity contribution is 5.76. The fourth-order valence-corrected chi connectivity index (χ4v) is 2.71. The maximum atomic E-state index is 11.8. The van der Waals surface area contributed by atoms with E-state index in [1.807, 2.05) is 4.90 Å². The zero-order valence-corrected chi connectivity index (χ0v) is 12.6. The lowest BCUT2D eigenvalue weighted by atomic mass is 10.1. The van der Waals surface area contributed by atoms with E-state index in [-0.39, 0.29) is 12.0 Å². The quantitative estimate of drug-likeness (QED) is 0.617. The number of amides is 1. The SMILES string of the molecule is CCCCCCCCCCCC(=O)N1CCC(O)C1. The van der Waals surface area contributed by atoms with Crippen LogP contribution in [-0.4, -0.2) is 35.1 Å². The van der Waals surface area contributed by atoms with Crippen molar-refractivity contribution in [2.24, 2.45) is 0 Å². The Balaban J connectivity index is 1.86. The molecule has 0 spiro atoms. The molecule has 0 aromatic carbocycles. The van der Waals surface area contributed by atoms with Gasteiger partial charge in [0.2, 0.25) is 5.91 Å². The van der Waals surface area contributed by atoms with Gasteiger partial charge in [0.1, 0.15) is 0 Å². The zero-order chi connectivity index (χ0) is 13.9. The van der Waals surface area contributed by atoms with E-state index in [1.54, 1.807) is 0 Å². The highest BCUT2D eigenvalue weighted by Crippen LogP contribution is 2.14. The predicted octanol–water partition coefficient (Wildman–Crippen LogP) is 3.50. The Morgan fingerprint density at radius 3 is 2.16 bits per heavy atom. The molecule has 1 atom stereocenters. The Hall–Kier alpha value is -0.570. The normalized spacial score (nSPS) is 19.1. The first kappa shape index (κ1) is 16.5. The lowest BCUT2D eigenvalue weighted by Gasteiger charge is -2.15. The van der Waals surface area contributed by atoms with Gasteiger partial charge in [-0.25, -0.2) is 0 Å². The van der Waals surface area contributed by atoms with Crippen molar-refractivity contribution in [3.05, 3.63) is 0 Å². The molecule has 112 valence electrons. The average molecular weight is 269 g/mol. The second kappa shape index (κ2) is 10.2. The van der Waals surface area contributed by atoms with E-state index in [0.717, 1.165) is 19.4 Å². The van der Waals surface area contributed by atoms with E-state index in [2.05, 4.69) is 6.92 Å². The first-order chi connectivity index (χ1) is 9.24. The third kappa shape index (κ3) is 7.56. The fraction of sp³-hybridized carbons (Fsp3) is 0.938. The monoisotopic (exact) mass is 269 g/mol. The van der Waals surface area contributed by atoms with Crippen LogP contribution in [0.25, 0.3) is 0 Å². The molecule has 0 aromatic heterocycles. The summed E-state index contributed by atoms with van der Waals surface area (Å²) in [6, 6.07) is 0. The summed E-state index contributed by atoms with van der Waals surface area (Å²) >= 11 is 0. The van der Waals surface area contributed by atoms with E-state index in [9.17, 15) is 9.90 Å². The molecule has 1 saturated heterocycles. The summed E-state index contributed by atoms with van der Waals surface area (Å²) in [5.41, 5.74) is 0. The molecule has 0 aromatic rings. The summed E-state index contributed by atoms with van der Waals surface area (Å²) in [6.45, 7) is 3.55. The van der Waals surface area contributed by atoms with Crippen molar-refractivity contribution in [2.75, 3.05) is 13.1 Å². The summed E-state index contributed by atoms with van der Waals surface area (Å²) < 4.78 is 0. The largest absolute Gasteiger partial charge is 0.391 e. The van der Waals surface area contributed by atoms with E-state index in [1.165, 1.54) is 51.4 Å². The number of aliphatic hydroxyl groups is 1. The molecule has 1 fully saturated rings. The van der Waals surface area contributed by atoms with Gasteiger partial charge in [-0.3, -0.25) is 4.79 Å². The maximum Gasteiger partial charge on any atom is 0.222 e. The summed E-state index contributed by atoms with van der Waals surface area (Å²) in [5.74, 6) is 0.236. The Labute approximate surface area is 118 Å². The number of rotatable bonds is 10. The van der Waals surface area contributed by atoms with Crippen LogP contribution in [0.5, 0.6) is 0 Å². The molecule has 1 unspecified atom stereocenters. The third-order valence-electron chi connectivity index (χ3n) is 4.01. The van der Waals surface area contributed by atoms with Crippen molar-refractivity contribution in [3.63, 3.8) is 0 Å². The molecule has 0 radical (unpaired) electrons. The third-order valence-corrected chi connectivity index (χ3v) is 4.01. The molecule has 19 heavy (non-hydrogen) atoms. The highest BCUT2D eigenvalue weighted by Gasteiger charge is 2.23. The molecule has 1 aliphatic rings. The Morgan fingerprint density at radius 2 is 1.63 bits per heavy atom. The first-order valence-electron chi connectivity index (χ1n) is 8.20. The number of likely N-dealkylation sites (tertiary alicyclic amines) is 1. The standard InChI is InChI=1S/C16H31NO2/c1-2-3-4-5-6-7-8-9-10-11-16(19)17-13-12-15(18)14-17/h15,18H,2-14H2,1H3. The number of hydrogen-bond donors (Lipinski definition) is 1. The minimum Gasteiger partial charge on any atom is -0.391 e. The highest BCUT2D eigenvalue weighted by atomic mass is 16.3. The molecular weight excluding hydrogens is 238 g/mol. The van der Waals surface area contributed by atoms with Crippen LogP contribution >= 0.6 is 0 Å². The van der Waals surface area contributed by atoms with E-state index < -0.39 is 0 Å². The van der Waals surface area contributed by atoms with Gasteiger partial charge in [-0.15, -0.1) is 0 Å². The Morgan fingerprint density at radius 1 is 1.05 bits per heavy atom. The van der Waals surface area contributed by atoms with Gasteiger partial charge in [-0.1, -0.05) is 58.3 Å². The summed E-state index contributed by atoms with van der Waals surface area (Å²) in [7, 11) is 0. The van der Waals surface area contributed by atoms with Gasteiger partial charge in [0.05, 0.1) is 6.10 Å². The fourth-order valence-electron chi connectivity index (χ4n) is 2.71. The van der Waals surface area contributed by atoms with Gasteiger partial charge in [0.15, 0.2) is 0 Å². The smallest absolute Gasteiger partial charge is 0.222 e. The molecule has 0 bridgehead atoms. The zero-order valence-electron chi connectivity index (χ0n) is 12.6. The number of hydrogen-bond acceptors (Lipinski definition) is 2. The Kier molecular flexibility index (Phi) is 8.89. The number of carbonyl (C=O) groups is 1. The number of nitrogens with zero attached hydrogens (tertiary/aromatic N) is 1. The lowest BCUT2D eigenvalue weighted by Crippen LogP contribution is -2.29. The summed E-state index contributed by atoms with van der Waals surface area (Å²) in [5, 5.41) is 9.38. The van der Waals surface area contributed by atoms with Crippen LogP contribution in [0.3, 0.4) is 0 Å². The molecule has 1 aliphatic heterocycles. The van der Waals surface area contributed by atoms with Gasteiger partial charge >= 0.3 is 0 Å². The molecule has 1 heterocycles. The van der Waals surface area contributed by atoms with Gasteiger partial charge < -0.3 is 10.0 Å². The van der Waals surface area contributed by atoms with Crippen LogP contribution < -0.4 is 0 Å². The van der Waals surface area contributed by atoms with Crippen molar-refractivity contribution >= 4 is 5.91 Å². The Bertz CT molecular complexity index is 243. The van der Waals surface area contributed by atoms with E-state index >= 15 is 0 Å². The van der Waals surface area contributed by atoms with Gasteiger partial charge in [-0.05, 0) is 12.8 Å². The number of aliphatic hydroxyl groups excluding tert-OH is 1. The average Bonchev–Trinajstić information content (AvgIpc) is 2.83. The molecule has 1 N–H and O–H groups in total. The predicted molar refractivity (Wildman–Crippen MR) is 79.0 cm³/mol. The van der Waals surface area contributed by atoms with Gasteiger partial charge in [-0.2, -0.15) is 0 Å². The summed E-state index contributed by atoms with van der Waals surface area (Å²) in [6.07, 6.45) is 12.7. The number of β-amino-alcohol motifs (C(OH)–C–C–N with tert-alkyl or cyclic N) is 1. The molecular formula is C16H31NO2. The second-order valence-corrected chi connectivity index (χ2v) is 5.86. The van der Waals surface area contributed by atoms with Crippen molar-refractivity contribution in [2.45, 2.75) is 83.7 Å². The minimum atomic E-state index is -0.285. The van der Waals surface area contributed by atoms with Crippen LogP contribution in [0, 0.1) is 0 Å². The van der Waals surface area contributed by atoms with Crippen molar-refractivity contribution in [1.82, 2.24) is 4.90 Å². The maximum absolute atomic E-state index is 11.8. The van der Waals surface area contributed by atoms with Crippen LogP contribution in [0.4, 0.5) is 0 Å². The minimum absolute atomic E-state index is 0.236. The van der Waals surface area contributed by atoms with Gasteiger partial charge in [0, 0.05) is 19.5 Å². The lowest BCUT2D eigenvalue weighted by molar-refractivity contribution is -0.130. The molecule has 3 heteroatoms. The molecule has 1 rings (SSSR count). The number of unbranched alkanes of at least 4 members (excludes halogenated alkanes) is 8. The molecule has 0 aliphatic carbocycles. The molecule has 3 nitrogen and oxygen atoms in total. The van der Waals surface area contributed by atoms with Gasteiger partial charge in [0.25, 0.3) is 0 Å². The van der Waals surface area contributed by atoms with E-state index in [0.29, 0.717) is 13.0 Å². The van der Waals surface area contributed by atoms with Crippen LogP contribution in [0.1, 0.15) is 77.6 Å². The molecule has 0 saturated carbocycles. The van der Waals surface area contributed by atoms with Crippen LogP contribution in [-0.2, 0) is 4.79 Å². The summed E-state index contributed by atoms with van der Waals surface area (Å²) in [4.78, 5) is 13.6. The topological polar surface area (TPSA) is 40.5 Å². The van der Waals surface area contributed by atoms with Crippen LogP contribution in [0.2, 0.25) is 0 Å². The van der Waals surface area contributed by atoms with Crippen molar-refractivity contribution in [3.8, 4) is 0 Å². The first-order valence-corrected chi connectivity index (χ1v) is 8.20. The van der Waals surface area contributed by atoms with Crippen molar-refractivity contribution in [1.29, 1.82) is 0 Å². The van der Waals surface area contributed by atoms with Crippen molar-refractivity contribution < 1.29 is 9.90 Å². The number of carbonyl (C=O) groups excluding carboxylic acids is 1.